The van der Waals surface area contributed by atoms with Crippen molar-refractivity contribution in [1.29, 1.82) is 5.26 Å². The van der Waals surface area contributed by atoms with Gasteiger partial charge >= 0.3 is 0 Å². The fraction of sp³-hybridized carbons (Fsp3) is 0.111. The second-order valence-electron chi connectivity index (χ2n) is 4.89. The highest BCUT2D eigenvalue weighted by Gasteiger charge is 2.14. The minimum Gasteiger partial charge on any atom is -0.510 e. The number of thiazole rings is 1. The Hall–Kier alpha value is -2.49. The molecule has 0 amide bonds. The number of nitrogens with zero attached hydrogens (tertiary/aromatic N) is 2. The van der Waals surface area contributed by atoms with Crippen LogP contribution in [-0.4, -0.2) is 23.0 Å². The van der Waals surface area contributed by atoms with E-state index in [0.29, 0.717) is 10.8 Å². The second kappa shape index (κ2) is 7.39. The molecule has 0 aliphatic carbocycles. The van der Waals surface area contributed by atoms with Gasteiger partial charge in [0.2, 0.25) is 0 Å². The van der Waals surface area contributed by atoms with E-state index in [9.17, 15) is 10.4 Å². The molecule has 0 saturated carbocycles. The first-order valence-electron chi connectivity index (χ1n) is 7.16. The van der Waals surface area contributed by atoms with Gasteiger partial charge in [0, 0.05) is 4.90 Å². The molecule has 0 unspecified atom stereocenters. The number of ether oxygens (including phenoxy) is 1. The van der Waals surface area contributed by atoms with Crippen molar-refractivity contribution in [3.05, 3.63) is 59.3 Å². The molecule has 1 aromatic heterocycles. The summed E-state index contributed by atoms with van der Waals surface area (Å²) < 4.78 is 6.18. The lowest BCUT2D eigenvalue weighted by atomic mass is 10.2. The molecule has 0 aliphatic heterocycles. The Labute approximate surface area is 148 Å². The molecule has 3 aromatic rings. The van der Waals surface area contributed by atoms with Crippen LogP contribution in [0.15, 0.2) is 59.2 Å². The summed E-state index contributed by atoms with van der Waals surface area (Å²) in [5.74, 6) is 1.09. The number of hydrogen-bond acceptors (Lipinski definition) is 6. The largest absolute Gasteiger partial charge is 0.510 e. The third-order valence-corrected chi connectivity index (χ3v) is 5.38. The van der Waals surface area contributed by atoms with E-state index in [-0.39, 0.29) is 11.3 Å². The lowest BCUT2D eigenvalue weighted by Crippen LogP contribution is -1.93. The van der Waals surface area contributed by atoms with E-state index < -0.39 is 0 Å². The molecular formula is C18H14N2O2S2. The molecule has 2 aromatic carbocycles. The number of rotatable bonds is 5. The van der Waals surface area contributed by atoms with Crippen molar-refractivity contribution in [2.24, 2.45) is 0 Å². The molecule has 6 heteroatoms. The maximum absolute atomic E-state index is 10.3. The highest BCUT2D eigenvalue weighted by Crippen LogP contribution is 2.30. The van der Waals surface area contributed by atoms with Crippen LogP contribution in [0.25, 0.3) is 15.8 Å². The predicted octanol–water partition coefficient (Wildman–Crippen LogP) is 4.89. The number of allylic oxidation sites excluding steroid dienone is 1. The zero-order chi connectivity index (χ0) is 16.9. The molecule has 3 rings (SSSR count). The number of hydrogen-bond donors (Lipinski definition) is 1. The van der Waals surface area contributed by atoms with E-state index in [0.717, 1.165) is 20.9 Å². The van der Waals surface area contributed by atoms with Crippen LogP contribution in [0.2, 0.25) is 0 Å². The number of aliphatic hydroxyl groups excluding tert-OH is 1. The van der Waals surface area contributed by atoms with Crippen molar-refractivity contribution in [2.45, 2.75) is 4.90 Å². The highest BCUT2D eigenvalue weighted by atomic mass is 32.2. The van der Waals surface area contributed by atoms with Gasteiger partial charge in [-0.05, 0) is 30.3 Å². The molecule has 0 spiro atoms. The van der Waals surface area contributed by atoms with Gasteiger partial charge in [0.15, 0.2) is 0 Å². The maximum Gasteiger partial charge on any atom is 0.138 e. The first-order valence-corrected chi connectivity index (χ1v) is 8.96. The molecule has 0 saturated heterocycles. The lowest BCUT2D eigenvalue weighted by molar-refractivity contribution is 0.413. The zero-order valence-corrected chi connectivity index (χ0v) is 14.5. The fourth-order valence-electron chi connectivity index (χ4n) is 2.13. The van der Waals surface area contributed by atoms with E-state index in [1.807, 2.05) is 48.5 Å². The van der Waals surface area contributed by atoms with Gasteiger partial charge in [0.1, 0.15) is 28.2 Å². The fourth-order valence-corrected chi connectivity index (χ4v) is 3.93. The smallest absolute Gasteiger partial charge is 0.138 e. The van der Waals surface area contributed by atoms with Crippen molar-refractivity contribution >= 4 is 38.9 Å². The predicted molar refractivity (Wildman–Crippen MR) is 98.5 cm³/mol. The van der Waals surface area contributed by atoms with Crippen LogP contribution >= 0.6 is 23.1 Å². The highest BCUT2D eigenvalue weighted by molar-refractivity contribution is 7.99. The number of thioether (sulfide) groups is 1. The van der Waals surface area contributed by atoms with Crippen molar-refractivity contribution in [1.82, 2.24) is 4.98 Å². The van der Waals surface area contributed by atoms with E-state index in [2.05, 4.69) is 11.1 Å². The molecule has 1 N–H and O–H groups in total. The maximum atomic E-state index is 10.3. The minimum atomic E-state index is 0.0318. The van der Waals surface area contributed by atoms with Crippen LogP contribution in [0.1, 0.15) is 5.01 Å². The molecule has 0 fully saturated rings. The number of aromatic nitrogens is 1. The normalized spacial score (nSPS) is 11.8. The number of nitriles is 1. The number of aliphatic hydroxyl groups is 1. The van der Waals surface area contributed by atoms with Crippen LogP contribution in [0.3, 0.4) is 0 Å². The molecule has 1 heterocycles. The van der Waals surface area contributed by atoms with Crippen LogP contribution < -0.4 is 4.74 Å². The van der Waals surface area contributed by atoms with Crippen molar-refractivity contribution in [2.75, 3.05) is 12.9 Å². The van der Waals surface area contributed by atoms with Gasteiger partial charge in [-0.2, -0.15) is 5.26 Å². The zero-order valence-electron chi connectivity index (χ0n) is 12.9. The topological polar surface area (TPSA) is 66.1 Å². The average Bonchev–Trinajstić information content (AvgIpc) is 3.04. The van der Waals surface area contributed by atoms with E-state index in [1.54, 1.807) is 7.11 Å². The Kier molecular flexibility index (Phi) is 5.04. The van der Waals surface area contributed by atoms with Gasteiger partial charge in [-0.25, -0.2) is 4.98 Å². The van der Waals surface area contributed by atoms with Gasteiger partial charge in [0.05, 0.1) is 23.1 Å². The van der Waals surface area contributed by atoms with Crippen molar-refractivity contribution < 1.29 is 9.84 Å². The standard InChI is InChI=1S/C18H14N2O2S2/c1-22-12-5-4-6-13(9-12)23-11-16(21)14(10-19)18-20-15-7-2-3-8-17(15)24-18/h2-9,21H,11H2,1H3/b16-14-. The van der Waals surface area contributed by atoms with Gasteiger partial charge < -0.3 is 9.84 Å². The molecule has 24 heavy (non-hydrogen) atoms. The summed E-state index contributed by atoms with van der Waals surface area (Å²) in [7, 11) is 1.61. The summed E-state index contributed by atoms with van der Waals surface area (Å²) in [5.41, 5.74) is 1.06. The van der Waals surface area contributed by atoms with Crippen LogP contribution in [-0.2, 0) is 0 Å². The third-order valence-electron chi connectivity index (χ3n) is 3.32. The Bertz CT molecular complexity index is 908. The summed E-state index contributed by atoms with van der Waals surface area (Å²) in [6.45, 7) is 0. The molecule has 0 aliphatic rings. The average molecular weight is 354 g/mol. The number of fused-ring (bicyclic) bond motifs is 1. The molecule has 0 bridgehead atoms. The molecular weight excluding hydrogens is 340 g/mol. The Morgan fingerprint density at radius 2 is 2.12 bits per heavy atom. The summed E-state index contributed by atoms with van der Waals surface area (Å²) in [6.07, 6.45) is 0. The van der Waals surface area contributed by atoms with E-state index in [4.69, 9.17) is 4.74 Å². The molecule has 0 atom stereocenters. The molecule has 120 valence electrons. The summed E-state index contributed by atoms with van der Waals surface area (Å²) >= 11 is 2.85. The number of benzene rings is 2. The molecule has 0 radical (unpaired) electrons. The Morgan fingerprint density at radius 3 is 2.88 bits per heavy atom. The van der Waals surface area contributed by atoms with Crippen molar-refractivity contribution in [3.8, 4) is 11.8 Å². The monoisotopic (exact) mass is 354 g/mol. The van der Waals surface area contributed by atoms with E-state index in [1.165, 1.54) is 23.1 Å². The first-order chi connectivity index (χ1) is 11.7. The quantitative estimate of drug-likeness (QED) is 0.401. The van der Waals surface area contributed by atoms with Gasteiger partial charge in [0.25, 0.3) is 0 Å². The van der Waals surface area contributed by atoms with Gasteiger partial charge in [-0.1, -0.05) is 18.2 Å². The Morgan fingerprint density at radius 1 is 1.29 bits per heavy atom. The lowest BCUT2D eigenvalue weighted by Gasteiger charge is -2.05. The summed E-state index contributed by atoms with van der Waals surface area (Å²) in [5, 5.41) is 20.3. The van der Waals surface area contributed by atoms with Crippen LogP contribution in [0.5, 0.6) is 5.75 Å². The molecule has 4 nitrogen and oxygen atoms in total. The Balaban J connectivity index is 1.83. The second-order valence-corrected chi connectivity index (χ2v) is 6.97. The SMILES string of the molecule is COc1cccc(SC/C(O)=C(\C#N)c2nc3ccccc3s2)c1. The van der Waals surface area contributed by atoms with Gasteiger partial charge in [-0.3, -0.25) is 0 Å². The van der Waals surface area contributed by atoms with E-state index >= 15 is 0 Å². The summed E-state index contributed by atoms with van der Waals surface area (Å²) in [4.78, 5) is 5.40. The van der Waals surface area contributed by atoms with Crippen molar-refractivity contribution in [3.63, 3.8) is 0 Å². The number of methoxy groups -OCH3 is 1. The first kappa shape index (κ1) is 16.4. The van der Waals surface area contributed by atoms with Crippen LogP contribution in [0, 0.1) is 11.3 Å². The van der Waals surface area contributed by atoms with Gasteiger partial charge in [-0.15, -0.1) is 23.1 Å². The minimum absolute atomic E-state index is 0.0318. The number of para-hydroxylation sites is 1. The third kappa shape index (κ3) is 3.53. The van der Waals surface area contributed by atoms with Crippen LogP contribution in [0.4, 0.5) is 0 Å². The summed E-state index contributed by atoms with van der Waals surface area (Å²) in [6, 6.07) is 17.3.